The summed E-state index contributed by atoms with van der Waals surface area (Å²) in [4.78, 5) is 4.62. The maximum atomic E-state index is 9.74. The molecule has 0 radical (unpaired) electrons. The van der Waals surface area contributed by atoms with E-state index in [2.05, 4.69) is 50.9 Å². The van der Waals surface area contributed by atoms with Gasteiger partial charge in [0.1, 0.15) is 5.75 Å². The first-order valence-electron chi connectivity index (χ1n) is 8.91. The van der Waals surface area contributed by atoms with E-state index >= 15 is 0 Å². The second-order valence-corrected chi connectivity index (χ2v) is 7.64. The molecule has 0 amide bonds. The van der Waals surface area contributed by atoms with Crippen LogP contribution >= 0.6 is 11.3 Å². The average Bonchev–Trinajstić information content (AvgIpc) is 3.09. The van der Waals surface area contributed by atoms with Crippen molar-refractivity contribution in [1.29, 1.82) is 0 Å². The molecule has 0 spiro atoms. The van der Waals surface area contributed by atoms with Crippen molar-refractivity contribution in [1.82, 2.24) is 4.98 Å². The Labute approximate surface area is 157 Å². The molecular formula is C21H21N3OS. The van der Waals surface area contributed by atoms with Crippen molar-refractivity contribution < 1.29 is 5.11 Å². The number of benzene rings is 2. The molecule has 26 heavy (non-hydrogen) atoms. The Hall–Kier alpha value is -2.53. The highest BCUT2D eigenvalue weighted by molar-refractivity contribution is 7.13. The molecule has 1 saturated carbocycles. The highest BCUT2D eigenvalue weighted by Crippen LogP contribution is 2.44. The summed E-state index contributed by atoms with van der Waals surface area (Å²) in [7, 11) is 0. The van der Waals surface area contributed by atoms with Crippen molar-refractivity contribution in [2.75, 3.05) is 0 Å². The fourth-order valence-electron chi connectivity index (χ4n) is 3.42. The smallest absolute Gasteiger partial charge is 0.229 e. The van der Waals surface area contributed by atoms with Gasteiger partial charge in [0.25, 0.3) is 0 Å². The molecule has 132 valence electrons. The lowest BCUT2D eigenvalue weighted by Gasteiger charge is -2.34. The van der Waals surface area contributed by atoms with E-state index in [0.717, 1.165) is 23.6 Å². The van der Waals surface area contributed by atoms with E-state index in [1.54, 1.807) is 12.1 Å². The molecule has 4 nitrogen and oxygen atoms in total. The van der Waals surface area contributed by atoms with Gasteiger partial charge in [-0.05, 0) is 36.8 Å². The van der Waals surface area contributed by atoms with Gasteiger partial charge in [-0.1, -0.05) is 48.5 Å². The summed E-state index contributed by atoms with van der Waals surface area (Å²) < 4.78 is 0. The molecule has 0 unspecified atom stereocenters. The van der Waals surface area contributed by atoms with Crippen molar-refractivity contribution in [2.45, 2.75) is 31.7 Å². The van der Waals surface area contributed by atoms with Gasteiger partial charge in [0.05, 0.1) is 12.2 Å². The Kier molecular flexibility index (Phi) is 5.07. The van der Waals surface area contributed by atoms with Crippen molar-refractivity contribution in [2.24, 2.45) is 16.1 Å². The maximum Gasteiger partial charge on any atom is 0.229 e. The predicted molar refractivity (Wildman–Crippen MR) is 104 cm³/mol. The van der Waals surface area contributed by atoms with Crippen LogP contribution in [-0.2, 0) is 13.0 Å². The number of aromatic hydroxyl groups is 1. The zero-order chi connectivity index (χ0) is 17.8. The number of thiazole rings is 1. The first kappa shape index (κ1) is 16.9. The molecule has 1 N–H and O–H groups in total. The number of rotatable bonds is 6. The first-order chi connectivity index (χ1) is 12.8. The Morgan fingerprint density at radius 1 is 1.04 bits per heavy atom. The Morgan fingerprint density at radius 2 is 1.81 bits per heavy atom. The topological polar surface area (TPSA) is 57.8 Å². The third-order valence-electron chi connectivity index (χ3n) is 4.92. The van der Waals surface area contributed by atoms with Crippen LogP contribution in [0, 0.1) is 5.92 Å². The standard InChI is InChI=1S/C21H21N3OS/c25-20-9-5-4-8-17(20)13-22-24-21-23-19(14-26-21)18-11-16(12-18)10-15-6-2-1-3-7-15/h1-9,14,16,18,25H,10-13H2. The number of aromatic nitrogens is 1. The zero-order valence-corrected chi connectivity index (χ0v) is 15.3. The summed E-state index contributed by atoms with van der Waals surface area (Å²) in [6.07, 6.45) is 3.56. The van der Waals surface area contributed by atoms with E-state index in [0.29, 0.717) is 17.6 Å². The third-order valence-corrected chi connectivity index (χ3v) is 5.66. The van der Waals surface area contributed by atoms with Crippen molar-refractivity contribution in [3.8, 4) is 5.75 Å². The summed E-state index contributed by atoms with van der Waals surface area (Å²) in [5, 5.41) is 20.9. The van der Waals surface area contributed by atoms with Crippen LogP contribution in [0.15, 0.2) is 70.2 Å². The van der Waals surface area contributed by atoms with Gasteiger partial charge in [-0.15, -0.1) is 16.5 Å². The van der Waals surface area contributed by atoms with E-state index in [1.807, 2.05) is 12.1 Å². The Balaban J connectivity index is 1.29. The van der Waals surface area contributed by atoms with Crippen LogP contribution in [-0.4, -0.2) is 10.1 Å². The van der Waals surface area contributed by atoms with Crippen LogP contribution in [0.1, 0.15) is 35.6 Å². The Bertz CT molecular complexity index is 885. The van der Waals surface area contributed by atoms with Gasteiger partial charge in [-0.25, -0.2) is 4.98 Å². The quantitative estimate of drug-likeness (QED) is 0.557. The normalized spacial score (nSPS) is 19.5. The number of hydrogen-bond donors (Lipinski definition) is 1. The van der Waals surface area contributed by atoms with Gasteiger partial charge in [0.15, 0.2) is 0 Å². The molecule has 0 aliphatic heterocycles. The second-order valence-electron chi connectivity index (χ2n) is 6.81. The van der Waals surface area contributed by atoms with Crippen molar-refractivity contribution in [3.05, 3.63) is 76.8 Å². The molecule has 0 atom stereocenters. The van der Waals surface area contributed by atoms with Crippen molar-refractivity contribution in [3.63, 3.8) is 0 Å². The van der Waals surface area contributed by atoms with Gasteiger partial charge < -0.3 is 5.11 Å². The van der Waals surface area contributed by atoms with Crippen LogP contribution in [0.5, 0.6) is 5.75 Å². The summed E-state index contributed by atoms with van der Waals surface area (Å²) in [6, 6.07) is 17.9. The molecule has 0 saturated heterocycles. The summed E-state index contributed by atoms with van der Waals surface area (Å²) >= 11 is 1.54. The molecule has 4 rings (SSSR count). The monoisotopic (exact) mass is 363 g/mol. The molecule has 5 heteroatoms. The van der Waals surface area contributed by atoms with Gasteiger partial charge in [-0.3, -0.25) is 0 Å². The predicted octanol–water partition coefficient (Wildman–Crippen LogP) is 5.87. The molecule has 1 fully saturated rings. The van der Waals surface area contributed by atoms with Crippen LogP contribution in [0.25, 0.3) is 0 Å². The molecular weight excluding hydrogens is 342 g/mol. The fraction of sp³-hybridized carbons (Fsp3) is 0.286. The number of nitrogens with zero attached hydrogens (tertiary/aromatic N) is 3. The van der Waals surface area contributed by atoms with Crippen LogP contribution in [0.3, 0.4) is 0 Å². The zero-order valence-electron chi connectivity index (χ0n) is 14.5. The molecule has 2 aromatic carbocycles. The van der Waals surface area contributed by atoms with Crippen LogP contribution in [0.4, 0.5) is 5.13 Å². The highest BCUT2D eigenvalue weighted by Gasteiger charge is 2.31. The third kappa shape index (κ3) is 3.99. The van der Waals surface area contributed by atoms with Crippen LogP contribution in [0.2, 0.25) is 0 Å². The SMILES string of the molecule is Oc1ccccc1CN=Nc1nc(C2CC(Cc3ccccc3)C2)cs1. The molecule has 0 bridgehead atoms. The minimum atomic E-state index is 0.255. The minimum Gasteiger partial charge on any atom is -0.508 e. The molecule has 1 aromatic heterocycles. The van der Waals surface area contributed by atoms with Gasteiger partial charge in [0, 0.05) is 16.9 Å². The van der Waals surface area contributed by atoms with Crippen LogP contribution < -0.4 is 0 Å². The number of hydrogen-bond acceptors (Lipinski definition) is 5. The van der Waals surface area contributed by atoms with E-state index in [-0.39, 0.29) is 5.75 Å². The molecule has 1 aliphatic carbocycles. The molecule has 1 aliphatic rings. The first-order valence-corrected chi connectivity index (χ1v) is 9.79. The summed E-state index contributed by atoms with van der Waals surface area (Å²) in [5.74, 6) is 1.57. The summed E-state index contributed by atoms with van der Waals surface area (Å²) in [5.41, 5.74) is 3.35. The van der Waals surface area contributed by atoms with Crippen molar-refractivity contribution >= 4 is 16.5 Å². The lowest BCUT2D eigenvalue weighted by Crippen LogP contribution is -2.23. The number of phenolic OH excluding ortho intramolecular Hbond substituents is 1. The van der Waals surface area contributed by atoms with E-state index < -0.39 is 0 Å². The van der Waals surface area contributed by atoms with E-state index in [9.17, 15) is 5.11 Å². The largest absolute Gasteiger partial charge is 0.508 e. The average molecular weight is 363 g/mol. The summed E-state index contributed by atoms with van der Waals surface area (Å²) in [6.45, 7) is 0.365. The minimum absolute atomic E-state index is 0.255. The van der Waals surface area contributed by atoms with E-state index in [1.165, 1.54) is 29.7 Å². The molecule has 1 heterocycles. The molecule has 3 aromatic rings. The van der Waals surface area contributed by atoms with Gasteiger partial charge >= 0.3 is 0 Å². The van der Waals surface area contributed by atoms with E-state index in [4.69, 9.17) is 0 Å². The fourth-order valence-corrected chi connectivity index (χ4v) is 4.15. The number of phenols is 1. The lowest BCUT2D eigenvalue weighted by atomic mass is 9.71. The highest BCUT2D eigenvalue weighted by atomic mass is 32.1. The maximum absolute atomic E-state index is 9.74. The Morgan fingerprint density at radius 3 is 2.62 bits per heavy atom. The lowest BCUT2D eigenvalue weighted by molar-refractivity contribution is 0.259. The second kappa shape index (κ2) is 7.79. The van der Waals surface area contributed by atoms with Gasteiger partial charge in [0.2, 0.25) is 5.13 Å². The van der Waals surface area contributed by atoms with Gasteiger partial charge in [-0.2, -0.15) is 5.11 Å². The number of azo groups is 1. The number of para-hydroxylation sites is 1.